The third-order valence-corrected chi connectivity index (χ3v) is 5.20. The number of hydrogen-bond donors (Lipinski definition) is 1. The predicted molar refractivity (Wildman–Crippen MR) is 105 cm³/mol. The molecule has 2 heterocycles. The maximum Gasteiger partial charge on any atom is 0.339 e. The number of halogens is 1. The number of nitrogens with one attached hydrogen (secondary N) is 1. The minimum absolute atomic E-state index is 0.00166. The summed E-state index contributed by atoms with van der Waals surface area (Å²) in [6, 6.07) is 8.65. The van der Waals surface area contributed by atoms with Crippen LogP contribution in [-0.4, -0.2) is 35.1 Å². The van der Waals surface area contributed by atoms with Gasteiger partial charge in [0.05, 0.1) is 24.4 Å². The van der Waals surface area contributed by atoms with Crippen LogP contribution in [0.2, 0.25) is 5.02 Å². The maximum absolute atomic E-state index is 13.1. The second-order valence-corrected chi connectivity index (χ2v) is 7.10. The van der Waals surface area contributed by atoms with Crippen molar-refractivity contribution in [1.82, 2.24) is 9.47 Å². The number of esters is 1. The number of benzene rings is 1. The van der Waals surface area contributed by atoms with Gasteiger partial charge in [0.2, 0.25) is 0 Å². The summed E-state index contributed by atoms with van der Waals surface area (Å²) in [4.78, 5) is 26.9. The molecule has 1 aliphatic rings. The molecule has 1 N–H and O–H groups in total. The zero-order valence-electron chi connectivity index (χ0n) is 15.8. The van der Waals surface area contributed by atoms with Crippen molar-refractivity contribution in [1.29, 1.82) is 0 Å². The largest absolute Gasteiger partial charge is 0.465 e. The van der Waals surface area contributed by atoms with Crippen LogP contribution < -0.4 is 5.32 Å². The number of hydrogen-bond acceptors (Lipinski definition) is 3. The third-order valence-electron chi connectivity index (χ3n) is 4.97. The van der Waals surface area contributed by atoms with E-state index in [0.717, 1.165) is 25.1 Å². The van der Waals surface area contributed by atoms with E-state index in [0.29, 0.717) is 17.3 Å². The Morgan fingerprint density at radius 2 is 2.04 bits per heavy atom. The topological polar surface area (TPSA) is 63.6 Å². The normalized spacial score (nSPS) is 16.0. The standard InChI is InChI=1S/C20H24ClN3O3/c1-4-5-17-18-9-6-13(2)23(18)10-11-24(17)20(26)22-16-12-14(21)7-8-15(16)19(25)27-3/h6-9,12,17H,4-5,10-11H2,1-3H3,(H,22,26). The molecular formula is C20H24ClN3O3. The number of anilines is 1. The van der Waals surface area contributed by atoms with Gasteiger partial charge in [0.25, 0.3) is 0 Å². The number of fused-ring (bicyclic) bond motifs is 1. The van der Waals surface area contributed by atoms with Crippen molar-refractivity contribution in [2.45, 2.75) is 39.3 Å². The van der Waals surface area contributed by atoms with E-state index in [4.69, 9.17) is 16.3 Å². The number of urea groups is 1. The Bertz CT molecular complexity index is 862. The number of amides is 2. The monoisotopic (exact) mass is 389 g/mol. The van der Waals surface area contributed by atoms with Crippen molar-refractivity contribution in [3.8, 4) is 0 Å². The number of carbonyl (C=O) groups excluding carboxylic acids is 2. The lowest BCUT2D eigenvalue weighted by molar-refractivity contribution is 0.0602. The van der Waals surface area contributed by atoms with Crippen molar-refractivity contribution in [3.63, 3.8) is 0 Å². The van der Waals surface area contributed by atoms with Crippen LogP contribution in [-0.2, 0) is 11.3 Å². The van der Waals surface area contributed by atoms with Crippen LogP contribution in [0.5, 0.6) is 0 Å². The van der Waals surface area contributed by atoms with E-state index >= 15 is 0 Å². The van der Waals surface area contributed by atoms with E-state index in [-0.39, 0.29) is 17.6 Å². The highest BCUT2D eigenvalue weighted by Crippen LogP contribution is 2.32. The zero-order chi connectivity index (χ0) is 19.6. The number of aryl methyl sites for hydroxylation is 1. The number of rotatable bonds is 4. The molecule has 6 nitrogen and oxygen atoms in total. The van der Waals surface area contributed by atoms with Crippen molar-refractivity contribution < 1.29 is 14.3 Å². The van der Waals surface area contributed by atoms with Crippen molar-refractivity contribution in [2.75, 3.05) is 19.0 Å². The van der Waals surface area contributed by atoms with Gasteiger partial charge in [-0.2, -0.15) is 0 Å². The summed E-state index contributed by atoms with van der Waals surface area (Å²) in [5, 5.41) is 3.29. The van der Waals surface area contributed by atoms with Gasteiger partial charge in [0.15, 0.2) is 0 Å². The van der Waals surface area contributed by atoms with Crippen molar-refractivity contribution in [3.05, 3.63) is 52.3 Å². The second kappa shape index (κ2) is 8.05. The Morgan fingerprint density at radius 3 is 2.74 bits per heavy atom. The van der Waals surface area contributed by atoms with Gasteiger partial charge in [-0.25, -0.2) is 9.59 Å². The van der Waals surface area contributed by atoms with Gasteiger partial charge >= 0.3 is 12.0 Å². The Morgan fingerprint density at radius 1 is 1.26 bits per heavy atom. The molecule has 1 aliphatic heterocycles. The lowest BCUT2D eigenvalue weighted by Gasteiger charge is -2.37. The Kier molecular flexibility index (Phi) is 5.75. The van der Waals surface area contributed by atoms with Crippen molar-refractivity contribution in [2.24, 2.45) is 0 Å². The number of nitrogens with zero attached hydrogens (tertiary/aromatic N) is 2. The molecule has 7 heteroatoms. The smallest absolute Gasteiger partial charge is 0.339 e. The molecule has 0 aliphatic carbocycles. The van der Waals surface area contributed by atoms with Gasteiger partial charge in [-0.05, 0) is 43.7 Å². The number of aromatic nitrogens is 1. The van der Waals surface area contributed by atoms with Gasteiger partial charge < -0.3 is 19.5 Å². The fraction of sp³-hybridized carbons (Fsp3) is 0.400. The van der Waals surface area contributed by atoms with Crippen LogP contribution in [0.3, 0.4) is 0 Å². The summed E-state index contributed by atoms with van der Waals surface area (Å²) in [6.45, 7) is 5.54. The average Bonchev–Trinajstić information content (AvgIpc) is 3.03. The third kappa shape index (κ3) is 3.81. The summed E-state index contributed by atoms with van der Waals surface area (Å²) in [7, 11) is 1.31. The highest BCUT2D eigenvalue weighted by atomic mass is 35.5. The van der Waals surface area contributed by atoms with Gasteiger partial charge in [0.1, 0.15) is 0 Å². The highest BCUT2D eigenvalue weighted by Gasteiger charge is 2.31. The van der Waals surface area contributed by atoms with Crippen LogP contribution in [0.15, 0.2) is 30.3 Å². The summed E-state index contributed by atoms with van der Waals surface area (Å²) >= 11 is 6.06. The number of ether oxygens (including phenoxy) is 1. The van der Waals surface area contributed by atoms with Crippen LogP contribution >= 0.6 is 11.6 Å². The van der Waals surface area contributed by atoms with Gasteiger partial charge in [-0.15, -0.1) is 0 Å². The zero-order valence-corrected chi connectivity index (χ0v) is 16.5. The van der Waals surface area contributed by atoms with E-state index in [1.807, 2.05) is 4.90 Å². The summed E-state index contributed by atoms with van der Waals surface area (Å²) in [5.41, 5.74) is 2.98. The molecule has 27 heavy (non-hydrogen) atoms. The van der Waals surface area contributed by atoms with E-state index in [9.17, 15) is 9.59 Å². The van der Waals surface area contributed by atoms with Gasteiger partial charge in [-0.3, -0.25) is 0 Å². The molecule has 0 spiro atoms. The Hall–Kier alpha value is -2.47. The fourth-order valence-electron chi connectivity index (χ4n) is 3.62. The molecular weight excluding hydrogens is 366 g/mol. The molecule has 1 unspecified atom stereocenters. The second-order valence-electron chi connectivity index (χ2n) is 6.66. The summed E-state index contributed by atoms with van der Waals surface area (Å²) in [5.74, 6) is -0.518. The minimum atomic E-state index is -0.518. The molecule has 2 amide bonds. The van der Waals surface area contributed by atoms with Crippen LogP contribution in [0.25, 0.3) is 0 Å². The molecule has 2 aromatic rings. The highest BCUT2D eigenvalue weighted by molar-refractivity contribution is 6.31. The molecule has 144 valence electrons. The first kappa shape index (κ1) is 19.3. The summed E-state index contributed by atoms with van der Waals surface area (Å²) < 4.78 is 7.07. The SMILES string of the molecule is CCCC1c2ccc(C)n2CCN1C(=O)Nc1cc(Cl)ccc1C(=O)OC. The molecule has 1 aromatic carbocycles. The number of carbonyl (C=O) groups is 2. The van der Waals surface area contributed by atoms with Crippen LogP contribution in [0, 0.1) is 6.92 Å². The molecule has 0 bridgehead atoms. The maximum atomic E-state index is 13.1. The quantitative estimate of drug-likeness (QED) is 0.775. The first-order valence-corrected chi connectivity index (χ1v) is 9.45. The van der Waals surface area contributed by atoms with Crippen LogP contribution in [0.1, 0.15) is 47.6 Å². The van der Waals surface area contributed by atoms with Gasteiger partial charge in [-0.1, -0.05) is 24.9 Å². The van der Waals surface area contributed by atoms with E-state index in [2.05, 4.69) is 35.9 Å². The van der Waals surface area contributed by atoms with Gasteiger partial charge in [0, 0.05) is 29.5 Å². The fourth-order valence-corrected chi connectivity index (χ4v) is 3.80. The average molecular weight is 390 g/mol. The molecule has 1 aromatic heterocycles. The van der Waals surface area contributed by atoms with Crippen molar-refractivity contribution >= 4 is 29.3 Å². The molecule has 0 radical (unpaired) electrons. The van der Waals surface area contributed by atoms with E-state index in [1.54, 1.807) is 18.2 Å². The lowest BCUT2D eigenvalue weighted by atomic mass is 10.0. The molecule has 0 fully saturated rings. The molecule has 0 saturated carbocycles. The first-order chi connectivity index (χ1) is 13.0. The van der Waals surface area contributed by atoms with E-state index in [1.165, 1.54) is 12.8 Å². The predicted octanol–water partition coefficient (Wildman–Crippen LogP) is 4.63. The summed E-state index contributed by atoms with van der Waals surface area (Å²) in [6.07, 6.45) is 1.83. The molecule has 1 atom stereocenters. The van der Waals surface area contributed by atoms with Crippen LogP contribution in [0.4, 0.5) is 10.5 Å². The Labute approximate surface area is 164 Å². The minimum Gasteiger partial charge on any atom is -0.465 e. The molecule has 0 saturated heterocycles. The number of methoxy groups -OCH3 is 1. The lowest BCUT2D eigenvalue weighted by Crippen LogP contribution is -2.44. The van der Waals surface area contributed by atoms with E-state index < -0.39 is 5.97 Å². The first-order valence-electron chi connectivity index (χ1n) is 9.07. The Balaban J connectivity index is 1.88. The molecule has 3 rings (SSSR count).